The summed E-state index contributed by atoms with van der Waals surface area (Å²) in [5.74, 6) is 1.36. The molecular formula is C20H19NO5. The van der Waals surface area contributed by atoms with Crippen LogP contribution >= 0.6 is 0 Å². The number of rotatable bonds is 5. The van der Waals surface area contributed by atoms with Gasteiger partial charge in [0.15, 0.2) is 17.2 Å². The molecule has 0 fully saturated rings. The predicted molar refractivity (Wildman–Crippen MR) is 97.9 cm³/mol. The van der Waals surface area contributed by atoms with Gasteiger partial charge in [-0.2, -0.15) is 0 Å². The van der Waals surface area contributed by atoms with Crippen LogP contribution in [0, 0.1) is 6.92 Å². The summed E-state index contributed by atoms with van der Waals surface area (Å²) in [7, 11) is 4.63. The van der Waals surface area contributed by atoms with Crippen molar-refractivity contribution >= 4 is 17.9 Å². The predicted octanol–water partition coefficient (Wildman–Crippen LogP) is 3.37. The maximum Gasteiger partial charge on any atom is 0.363 e. The summed E-state index contributed by atoms with van der Waals surface area (Å²) < 4.78 is 21.3. The molecule has 0 saturated carbocycles. The zero-order valence-corrected chi connectivity index (χ0v) is 15.0. The van der Waals surface area contributed by atoms with E-state index in [1.807, 2.05) is 31.2 Å². The molecule has 0 spiro atoms. The minimum Gasteiger partial charge on any atom is -0.496 e. The molecule has 0 N–H and O–H groups in total. The molecule has 134 valence electrons. The third-order valence-electron chi connectivity index (χ3n) is 4.02. The molecule has 0 atom stereocenters. The highest BCUT2D eigenvalue weighted by Gasteiger charge is 2.25. The number of aryl methyl sites for hydroxylation is 1. The second-order valence-corrected chi connectivity index (χ2v) is 5.60. The SMILES string of the molecule is COc1cc(OC)c(OC)cc1C=C1N=C(c2ccccc2C)OC1=O. The highest BCUT2D eigenvalue weighted by molar-refractivity contribution is 6.13. The molecule has 1 aliphatic heterocycles. The molecule has 1 heterocycles. The number of carbonyl (C=O) groups is 1. The van der Waals surface area contributed by atoms with Crippen molar-refractivity contribution in [3.63, 3.8) is 0 Å². The first kappa shape index (κ1) is 17.5. The van der Waals surface area contributed by atoms with Crippen molar-refractivity contribution in [1.82, 2.24) is 0 Å². The summed E-state index contributed by atoms with van der Waals surface area (Å²) in [6, 6.07) is 11.0. The van der Waals surface area contributed by atoms with Crippen molar-refractivity contribution in [3.8, 4) is 17.2 Å². The van der Waals surface area contributed by atoms with E-state index >= 15 is 0 Å². The average Bonchev–Trinajstić information content (AvgIpc) is 3.01. The third kappa shape index (κ3) is 3.26. The molecule has 0 aliphatic carbocycles. The number of carbonyl (C=O) groups excluding carboxylic acids is 1. The lowest BCUT2D eigenvalue weighted by Crippen LogP contribution is -2.06. The second-order valence-electron chi connectivity index (χ2n) is 5.60. The van der Waals surface area contributed by atoms with Gasteiger partial charge in [-0.25, -0.2) is 9.79 Å². The van der Waals surface area contributed by atoms with Crippen molar-refractivity contribution in [2.45, 2.75) is 6.92 Å². The molecular weight excluding hydrogens is 334 g/mol. The first-order valence-electron chi connectivity index (χ1n) is 7.96. The Morgan fingerprint density at radius 3 is 2.27 bits per heavy atom. The van der Waals surface area contributed by atoms with Gasteiger partial charge in [-0.3, -0.25) is 0 Å². The van der Waals surface area contributed by atoms with Gasteiger partial charge in [0.2, 0.25) is 5.90 Å². The lowest BCUT2D eigenvalue weighted by molar-refractivity contribution is -0.129. The Balaban J connectivity index is 2.04. The van der Waals surface area contributed by atoms with E-state index < -0.39 is 5.97 Å². The Kier molecular flexibility index (Phi) is 4.93. The van der Waals surface area contributed by atoms with Gasteiger partial charge in [-0.15, -0.1) is 0 Å². The Morgan fingerprint density at radius 1 is 0.962 bits per heavy atom. The molecule has 0 amide bonds. The zero-order chi connectivity index (χ0) is 18.7. The molecule has 6 heteroatoms. The molecule has 0 radical (unpaired) electrons. The van der Waals surface area contributed by atoms with Crippen molar-refractivity contribution in [2.75, 3.05) is 21.3 Å². The van der Waals surface area contributed by atoms with Crippen LogP contribution in [-0.2, 0) is 9.53 Å². The molecule has 0 aromatic heterocycles. The van der Waals surface area contributed by atoms with E-state index in [-0.39, 0.29) is 5.70 Å². The van der Waals surface area contributed by atoms with Gasteiger partial charge in [0.05, 0.1) is 21.3 Å². The van der Waals surface area contributed by atoms with Gasteiger partial charge in [0.1, 0.15) is 5.75 Å². The number of aliphatic imine (C=N–C) groups is 1. The Bertz CT molecular complexity index is 914. The van der Waals surface area contributed by atoms with E-state index in [1.54, 1.807) is 32.4 Å². The number of ether oxygens (including phenoxy) is 4. The minimum absolute atomic E-state index is 0.189. The van der Waals surface area contributed by atoms with Crippen LogP contribution in [-0.4, -0.2) is 33.2 Å². The number of methoxy groups -OCH3 is 3. The number of nitrogens with zero attached hydrogens (tertiary/aromatic N) is 1. The van der Waals surface area contributed by atoms with Crippen LogP contribution in [0.4, 0.5) is 0 Å². The smallest absolute Gasteiger partial charge is 0.363 e. The number of benzene rings is 2. The van der Waals surface area contributed by atoms with E-state index in [2.05, 4.69) is 4.99 Å². The van der Waals surface area contributed by atoms with Crippen molar-refractivity contribution in [1.29, 1.82) is 0 Å². The van der Waals surface area contributed by atoms with Crippen LogP contribution in [0.5, 0.6) is 17.2 Å². The van der Waals surface area contributed by atoms with Gasteiger partial charge in [-0.05, 0) is 30.7 Å². The fourth-order valence-electron chi connectivity index (χ4n) is 2.65. The topological polar surface area (TPSA) is 66.3 Å². The van der Waals surface area contributed by atoms with Gasteiger partial charge >= 0.3 is 5.97 Å². The van der Waals surface area contributed by atoms with Gasteiger partial charge in [0.25, 0.3) is 0 Å². The number of esters is 1. The fourth-order valence-corrected chi connectivity index (χ4v) is 2.65. The van der Waals surface area contributed by atoms with Crippen LogP contribution < -0.4 is 14.2 Å². The molecule has 0 unspecified atom stereocenters. The molecule has 0 saturated heterocycles. The van der Waals surface area contributed by atoms with Crippen LogP contribution in [0.15, 0.2) is 47.1 Å². The molecule has 1 aliphatic rings. The Morgan fingerprint density at radius 2 is 1.62 bits per heavy atom. The maximum atomic E-state index is 12.2. The molecule has 3 rings (SSSR count). The highest BCUT2D eigenvalue weighted by atomic mass is 16.6. The van der Waals surface area contributed by atoms with Crippen molar-refractivity contribution in [3.05, 3.63) is 58.8 Å². The van der Waals surface area contributed by atoms with Gasteiger partial charge in [-0.1, -0.05) is 18.2 Å². The summed E-state index contributed by atoms with van der Waals surface area (Å²) in [5.41, 5.74) is 2.58. The first-order chi connectivity index (χ1) is 12.6. The fraction of sp³-hybridized carbons (Fsp3) is 0.200. The van der Waals surface area contributed by atoms with E-state index in [4.69, 9.17) is 18.9 Å². The van der Waals surface area contributed by atoms with Gasteiger partial charge < -0.3 is 18.9 Å². The van der Waals surface area contributed by atoms with E-state index in [0.29, 0.717) is 28.7 Å². The van der Waals surface area contributed by atoms with Crippen LogP contribution in [0.2, 0.25) is 0 Å². The summed E-state index contributed by atoms with van der Waals surface area (Å²) in [6.07, 6.45) is 1.61. The maximum absolute atomic E-state index is 12.2. The normalized spacial score (nSPS) is 14.8. The molecule has 26 heavy (non-hydrogen) atoms. The summed E-state index contributed by atoms with van der Waals surface area (Å²) in [5, 5.41) is 0. The third-order valence-corrected chi connectivity index (χ3v) is 4.02. The first-order valence-corrected chi connectivity index (χ1v) is 7.96. The Hall–Kier alpha value is -3.28. The summed E-state index contributed by atoms with van der Waals surface area (Å²) in [4.78, 5) is 16.6. The Labute approximate surface area is 151 Å². The summed E-state index contributed by atoms with van der Waals surface area (Å²) in [6.45, 7) is 1.94. The van der Waals surface area contributed by atoms with Crippen molar-refractivity contribution in [2.24, 2.45) is 4.99 Å². The number of hydrogen-bond acceptors (Lipinski definition) is 6. The largest absolute Gasteiger partial charge is 0.496 e. The van der Waals surface area contributed by atoms with Crippen LogP contribution in [0.1, 0.15) is 16.7 Å². The lowest BCUT2D eigenvalue weighted by atomic mass is 10.1. The quantitative estimate of drug-likeness (QED) is 0.609. The molecule has 6 nitrogen and oxygen atoms in total. The zero-order valence-electron chi connectivity index (χ0n) is 15.0. The van der Waals surface area contributed by atoms with Gasteiger partial charge in [0, 0.05) is 17.2 Å². The second kappa shape index (κ2) is 7.31. The highest BCUT2D eigenvalue weighted by Crippen LogP contribution is 2.36. The number of hydrogen-bond donors (Lipinski definition) is 0. The van der Waals surface area contributed by atoms with E-state index in [9.17, 15) is 4.79 Å². The monoisotopic (exact) mass is 353 g/mol. The lowest BCUT2D eigenvalue weighted by Gasteiger charge is -2.12. The van der Waals surface area contributed by atoms with Crippen LogP contribution in [0.25, 0.3) is 6.08 Å². The van der Waals surface area contributed by atoms with E-state index in [0.717, 1.165) is 11.1 Å². The number of cyclic esters (lactones) is 1. The standard InChI is InChI=1S/C20H19NO5/c1-12-7-5-6-8-14(12)19-21-15(20(22)26-19)9-13-10-17(24-3)18(25-4)11-16(13)23-2/h5-11H,1-4H3. The molecule has 2 aromatic rings. The molecule has 0 bridgehead atoms. The van der Waals surface area contributed by atoms with E-state index in [1.165, 1.54) is 7.11 Å². The van der Waals surface area contributed by atoms with Crippen molar-refractivity contribution < 1.29 is 23.7 Å². The average molecular weight is 353 g/mol. The minimum atomic E-state index is -0.514. The molecule has 2 aromatic carbocycles. The van der Waals surface area contributed by atoms with Crippen LogP contribution in [0.3, 0.4) is 0 Å². The summed E-state index contributed by atoms with van der Waals surface area (Å²) >= 11 is 0.